The first kappa shape index (κ1) is 18.8. The fourth-order valence-corrected chi connectivity index (χ4v) is 2.38. The normalized spacial score (nSPS) is 11.6. The highest BCUT2D eigenvalue weighted by molar-refractivity contribution is 7.84. The van der Waals surface area contributed by atoms with Crippen LogP contribution in [-0.4, -0.2) is 33.4 Å². The van der Waals surface area contributed by atoms with Crippen molar-refractivity contribution < 1.29 is 17.3 Å². The Morgan fingerprint density at radius 3 is 2.32 bits per heavy atom. The van der Waals surface area contributed by atoms with E-state index in [9.17, 15) is 8.42 Å². The van der Waals surface area contributed by atoms with E-state index in [2.05, 4.69) is 6.92 Å². The molecule has 0 aliphatic carbocycles. The molecular formula is C16H27NO4S. The summed E-state index contributed by atoms with van der Waals surface area (Å²) in [5, 5.41) is 0. The maximum absolute atomic E-state index is 11.7. The number of unbranched alkanes of at least 4 members (excludes halogenated alkanes) is 5. The second-order valence-electron chi connectivity index (χ2n) is 5.41. The van der Waals surface area contributed by atoms with E-state index in [0.29, 0.717) is 12.4 Å². The largest absolute Gasteiger partial charge is 0.493 e. The predicted molar refractivity (Wildman–Crippen MR) is 88.5 cm³/mol. The number of hydrogen-bond acceptors (Lipinski definition) is 4. The Morgan fingerprint density at radius 1 is 1.00 bits per heavy atom. The molecule has 0 unspecified atom stereocenters. The van der Waals surface area contributed by atoms with E-state index in [1.165, 1.54) is 39.8 Å². The third-order valence-electron chi connectivity index (χ3n) is 3.22. The Morgan fingerprint density at radius 2 is 1.64 bits per heavy atom. The van der Waals surface area contributed by atoms with Crippen molar-refractivity contribution in [2.45, 2.75) is 45.4 Å². The standard InChI is InChI=1S/C16H27NO4S/c1-4-5-6-7-8-9-13-20-15-11-10-12-16(14-15)21-22(18,19)17(2)3/h10-12,14H,4-9,13H2,1-3H3. The Bertz CT molecular complexity index is 529. The van der Waals surface area contributed by atoms with Crippen molar-refractivity contribution in [2.24, 2.45) is 0 Å². The third-order valence-corrected chi connectivity index (χ3v) is 4.52. The molecule has 0 saturated heterocycles. The summed E-state index contributed by atoms with van der Waals surface area (Å²) in [4.78, 5) is 0. The zero-order chi connectivity index (χ0) is 16.4. The van der Waals surface area contributed by atoms with Gasteiger partial charge in [0.05, 0.1) is 6.61 Å². The van der Waals surface area contributed by atoms with Gasteiger partial charge < -0.3 is 8.92 Å². The smallest absolute Gasteiger partial charge is 0.384 e. The lowest BCUT2D eigenvalue weighted by Crippen LogP contribution is -2.27. The molecule has 0 saturated carbocycles. The van der Waals surface area contributed by atoms with Gasteiger partial charge in [-0.3, -0.25) is 0 Å². The van der Waals surface area contributed by atoms with E-state index in [0.717, 1.165) is 17.1 Å². The third kappa shape index (κ3) is 7.13. The second kappa shape index (κ2) is 9.69. The Labute approximate surface area is 134 Å². The summed E-state index contributed by atoms with van der Waals surface area (Å²) in [7, 11) is -0.879. The van der Waals surface area contributed by atoms with Crippen molar-refractivity contribution in [1.29, 1.82) is 0 Å². The summed E-state index contributed by atoms with van der Waals surface area (Å²) in [6.45, 7) is 2.84. The number of rotatable bonds is 11. The molecule has 1 rings (SSSR count). The SMILES string of the molecule is CCCCCCCCOc1cccc(OS(=O)(=O)N(C)C)c1. The van der Waals surface area contributed by atoms with E-state index in [1.807, 2.05) is 0 Å². The maximum atomic E-state index is 11.7. The van der Waals surface area contributed by atoms with E-state index < -0.39 is 10.3 Å². The first-order valence-corrected chi connectivity index (χ1v) is 9.17. The van der Waals surface area contributed by atoms with Gasteiger partial charge in [0.15, 0.2) is 0 Å². The molecule has 0 N–H and O–H groups in total. The van der Waals surface area contributed by atoms with Gasteiger partial charge in [-0.2, -0.15) is 12.7 Å². The maximum Gasteiger partial charge on any atom is 0.384 e. The van der Waals surface area contributed by atoms with Gasteiger partial charge in [0.25, 0.3) is 0 Å². The molecule has 0 fully saturated rings. The molecule has 0 aliphatic rings. The fourth-order valence-electron chi connectivity index (χ4n) is 1.88. The topological polar surface area (TPSA) is 55.8 Å². The molecule has 6 heteroatoms. The zero-order valence-electron chi connectivity index (χ0n) is 13.7. The zero-order valence-corrected chi connectivity index (χ0v) is 14.6. The van der Waals surface area contributed by atoms with Crippen LogP contribution >= 0.6 is 0 Å². The molecule has 126 valence electrons. The first-order chi connectivity index (χ1) is 10.5. The van der Waals surface area contributed by atoms with Gasteiger partial charge in [-0.05, 0) is 18.6 Å². The summed E-state index contributed by atoms with van der Waals surface area (Å²) >= 11 is 0. The van der Waals surface area contributed by atoms with E-state index in [1.54, 1.807) is 24.3 Å². The van der Waals surface area contributed by atoms with Crippen LogP contribution in [0.4, 0.5) is 0 Å². The summed E-state index contributed by atoms with van der Waals surface area (Å²) < 4.78 is 35.0. The number of ether oxygens (including phenoxy) is 1. The van der Waals surface area contributed by atoms with Crippen molar-refractivity contribution >= 4 is 10.3 Å². The minimum Gasteiger partial charge on any atom is -0.493 e. The number of nitrogens with zero attached hydrogens (tertiary/aromatic N) is 1. The van der Waals surface area contributed by atoms with Crippen LogP contribution < -0.4 is 8.92 Å². The van der Waals surface area contributed by atoms with Crippen LogP contribution in [-0.2, 0) is 10.3 Å². The molecule has 0 bridgehead atoms. The Hall–Kier alpha value is -1.27. The van der Waals surface area contributed by atoms with Gasteiger partial charge in [-0.25, -0.2) is 0 Å². The van der Waals surface area contributed by atoms with Crippen molar-refractivity contribution in [3.05, 3.63) is 24.3 Å². The summed E-state index contributed by atoms with van der Waals surface area (Å²) in [6.07, 6.45) is 7.22. The van der Waals surface area contributed by atoms with Crippen LogP contribution in [0.15, 0.2) is 24.3 Å². The van der Waals surface area contributed by atoms with Crippen molar-refractivity contribution in [3.63, 3.8) is 0 Å². The van der Waals surface area contributed by atoms with Crippen LogP contribution in [0.1, 0.15) is 45.4 Å². The molecule has 0 aromatic heterocycles. The molecule has 0 aliphatic heterocycles. The molecular weight excluding hydrogens is 302 g/mol. The monoisotopic (exact) mass is 329 g/mol. The highest BCUT2D eigenvalue weighted by atomic mass is 32.2. The Kier molecular flexibility index (Phi) is 8.27. The molecule has 1 aromatic carbocycles. The van der Waals surface area contributed by atoms with Crippen LogP contribution in [0.3, 0.4) is 0 Å². The van der Waals surface area contributed by atoms with Gasteiger partial charge in [0.2, 0.25) is 0 Å². The second-order valence-corrected chi connectivity index (χ2v) is 7.17. The first-order valence-electron chi connectivity index (χ1n) is 7.80. The lowest BCUT2D eigenvalue weighted by molar-refractivity contribution is 0.303. The predicted octanol–water partition coefficient (Wildman–Crippen LogP) is 3.61. The van der Waals surface area contributed by atoms with Crippen LogP contribution in [0.2, 0.25) is 0 Å². The van der Waals surface area contributed by atoms with Crippen molar-refractivity contribution in [3.8, 4) is 11.5 Å². The lowest BCUT2D eigenvalue weighted by atomic mass is 10.1. The average Bonchev–Trinajstić information content (AvgIpc) is 2.46. The lowest BCUT2D eigenvalue weighted by Gasteiger charge is -2.13. The van der Waals surface area contributed by atoms with Crippen molar-refractivity contribution in [1.82, 2.24) is 4.31 Å². The van der Waals surface area contributed by atoms with Crippen LogP contribution in [0.5, 0.6) is 11.5 Å². The average molecular weight is 329 g/mol. The quantitative estimate of drug-likeness (QED) is 0.582. The summed E-state index contributed by atoms with van der Waals surface area (Å²) in [5.74, 6) is 0.883. The van der Waals surface area contributed by atoms with Gasteiger partial charge in [-0.1, -0.05) is 45.1 Å². The molecule has 0 atom stereocenters. The van der Waals surface area contributed by atoms with Gasteiger partial charge in [0, 0.05) is 20.2 Å². The molecule has 1 aromatic rings. The minimum absolute atomic E-state index is 0.258. The molecule has 22 heavy (non-hydrogen) atoms. The van der Waals surface area contributed by atoms with Crippen LogP contribution in [0.25, 0.3) is 0 Å². The van der Waals surface area contributed by atoms with E-state index >= 15 is 0 Å². The molecule has 0 amide bonds. The van der Waals surface area contributed by atoms with E-state index in [4.69, 9.17) is 8.92 Å². The van der Waals surface area contributed by atoms with Crippen molar-refractivity contribution in [2.75, 3.05) is 20.7 Å². The highest BCUT2D eigenvalue weighted by Crippen LogP contribution is 2.21. The molecule has 0 heterocycles. The number of benzene rings is 1. The Balaban J connectivity index is 2.38. The van der Waals surface area contributed by atoms with Crippen LogP contribution in [0, 0.1) is 0 Å². The summed E-state index contributed by atoms with van der Waals surface area (Å²) in [5.41, 5.74) is 0. The molecule has 0 spiro atoms. The van der Waals surface area contributed by atoms with Gasteiger partial charge in [-0.15, -0.1) is 0 Å². The fraction of sp³-hybridized carbons (Fsp3) is 0.625. The summed E-state index contributed by atoms with van der Waals surface area (Å²) in [6, 6.07) is 6.71. The number of hydrogen-bond donors (Lipinski definition) is 0. The molecule has 5 nitrogen and oxygen atoms in total. The van der Waals surface area contributed by atoms with Gasteiger partial charge >= 0.3 is 10.3 Å². The van der Waals surface area contributed by atoms with Gasteiger partial charge in [0.1, 0.15) is 11.5 Å². The molecule has 0 radical (unpaired) electrons. The highest BCUT2D eigenvalue weighted by Gasteiger charge is 2.15. The van der Waals surface area contributed by atoms with E-state index in [-0.39, 0.29) is 5.75 Å². The minimum atomic E-state index is -3.73.